The molecule has 142 valence electrons. The zero-order chi connectivity index (χ0) is 17.9. The molecule has 1 aromatic heterocycles. The van der Waals surface area contributed by atoms with Gasteiger partial charge in [-0.1, -0.05) is 23.7 Å². The van der Waals surface area contributed by atoms with Crippen LogP contribution in [0, 0.1) is 12.3 Å². The van der Waals surface area contributed by atoms with Gasteiger partial charge in [-0.3, -0.25) is 4.79 Å². The van der Waals surface area contributed by atoms with E-state index in [-0.39, 0.29) is 18.3 Å². The third-order valence-corrected chi connectivity index (χ3v) is 6.03. The van der Waals surface area contributed by atoms with E-state index in [1.54, 1.807) is 6.20 Å². The molecule has 1 aromatic carbocycles. The zero-order valence-corrected chi connectivity index (χ0v) is 17.0. The Bertz CT molecular complexity index is 761. The minimum absolute atomic E-state index is 0. The highest BCUT2D eigenvalue weighted by molar-refractivity contribution is 7.15. The van der Waals surface area contributed by atoms with Gasteiger partial charge in [0.15, 0.2) is 5.13 Å². The summed E-state index contributed by atoms with van der Waals surface area (Å²) in [6.45, 7) is 3.45. The van der Waals surface area contributed by atoms with Gasteiger partial charge in [0.25, 0.3) is 0 Å². The molecule has 0 atom stereocenters. The normalized spacial score (nSPS) is 16.0. The maximum atomic E-state index is 12.7. The molecular formula is C18H23Cl2N3O2S. The van der Waals surface area contributed by atoms with Gasteiger partial charge in [-0.05, 0) is 37.0 Å². The van der Waals surface area contributed by atoms with Crippen LogP contribution >= 0.6 is 35.3 Å². The molecule has 1 saturated heterocycles. The largest absolute Gasteiger partial charge is 0.381 e. The van der Waals surface area contributed by atoms with Crippen molar-refractivity contribution in [2.75, 3.05) is 25.1 Å². The second-order valence-electron chi connectivity index (χ2n) is 6.44. The molecule has 3 N–H and O–H groups in total. The number of carbonyl (C=O) groups excluding carboxylic acids is 1. The molecule has 26 heavy (non-hydrogen) atoms. The van der Waals surface area contributed by atoms with Crippen molar-refractivity contribution in [1.29, 1.82) is 0 Å². The van der Waals surface area contributed by atoms with E-state index in [1.807, 2.05) is 19.1 Å². The number of halogens is 2. The van der Waals surface area contributed by atoms with Crippen LogP contribution in [-0.2, 0) is 16.0 Å². The van der Waals surface area contributed by atoms with Crippen molar-refractivity contribution in [3.05, 3.63) is 45.4 Å². The summed E-state index contributed by atoms with van der Waals surface area (Å²) < 4.78 is 5.36. The number of nitrogens with zero attached hydrogens (tertiary/aromatic N) is 1. The average molecular weight is 416 g/mol. The quantitative estimate of drug-likeness (QED) is 0.777. The number of hydrogen-bond donors (Lipinski definition) is 2. The van der Waals surface area contributed by atoms with Crippen LogP contribution in [0.1, 0.15) is 28.8 Å². The van der Waals surface area contributed by atoms with Crippen LogP contribution in [0.4, 0.5) is 5.13 Å². The number of nitrogens with one attached hydrogen (secondary N) is 1. The molecule has 0 spiro atoms. The molecule has 5 nitrogen and oxygen atoms in total. The Hall–Kier alpha value is -1.18. The number of anilines is 1. The molecule has 0 unspecified atom stereocenters. The Morgan fingerprint density at radius 1 is 1.42 bits per heavy atom. The van der Waals surface area contributed by atoms with Gasteiger partial charge >= 0.3 is 0 Å². The molecule has 1 aliphatic heterocycles. The van der Waals surface area contributed by atoms with Crippen molar-refractivity contribution in [1.82, 2.24) is 4.98 Å². The molecule has 1 fully saturated rings. The molecule has 0 saturated carbocycles. The highest BCUT2D eigenvalue weighted by atomic mass is 35.5. The Morgan fingerprint density at radius 2 is 2.15 bits per heavy atom. The smallest absolute Gasteiger partial charge is 0.233 e. The molecule has 2 heterocycles. The van der Waals surface area contributed by atoms with Gasteiger partial charge in [0.05, 0.1) is 5.41 Å². The molecular weight excluding hydrogens is 393 g/mol. The maximum absolute atomic E-state index is 12.7. The fourth-order valence-corrected chi connectivity index (χ4v) is 3.96. The van der Waals surface area contributed by atoms with Crippen molar-refractivity contribution in [3.63, 3.8) is 0 Å². The van der Waals surface area contributed by atoms with Gasteiger partial charge in [-0.25, -0.2) is 4.98 Å². The number of ether oxygens (including phenoxy) is 1. The Balaban J connectivity index is 0.00000243. The lowest BCUT2D eigenvalue weighted by Crippen LogP contribution is -2.46. The molecule has 8 heteroatoms. The second kappa shape index (κ2) is 9.15. The Morgan fingerprint density at radius 3 is 2.81 bits per heavy atom. The number of aromatic nitrogens is 1. The fourth-order valence-electron chi connectivity index (χ4n) is 2.91. The third kappa shape index (κ3) is 4.75. The summed E-state index contributed by atoms with van der Waals surface area (Å²) in [6.07, 6.45) is 3.83. The lowest BCUT2D eigenvalue weighted by atomic mass is 9.79. The van der Waals surface area contributed by atoms with Gasteiger partial charge in [0, 0.05) is 42.3 Å². The molecule has 0 bridgehead atoms. The van der Waals surface area contributed by atoms with Crippen LogP contribution in [-0.4, -0.2) is 30.6 Å². The van der Waals surface area contributed by atoms with E-state index >= 15 is 0 Å². The van der Waals surface area contributed by atoms with Crippen molar-refractivity contribution in [2.45, 2.75) is 26.2 Å². The number of aryl methyl sites for hydroxylation is 1. The van der Waals surface area contributed by atoms with Gasteiger partial charge in [0.1, 0.15) is 0 Å². The second-order valence-corrected chi connectivity index (χ2v) is 7.97. The highest BCUT2D eigenvalue weighted by Crippen LogP contribution is 2.32. The number of hydrogen-bond acceptors (Lipinski definition) is 5. The summed E-state index contributed by atoms with van der Waals surface area (Å²) in [6, 6.07) is 6.04. The summed E-state index contributed by atoms with van der Waals surface area (Å²) >= 11 is 7.66. The van der Waals surface area contributed by atoms with Crippen molar-refractivity contribution >= 4 is 46.4 Å². The first-order valence-electron chi connectivity index (χ1n) is 8.31. The van der Waals surface area contributed by atoms with Gasteiger partial charge < -0.3 is 15.8 Å². The van der Waals surface area contributed by atoms with E-state index in [9.17, 15) is 4.79 Å². The van der Waals surface area contributed by atoms with Gasteiger partial charge in [0.2, 0.25) is 5.91 Å². The first-order valence-corrected chi connectivity index (χ1v) is 9.51. The van der Waals surface area contributed by atoms with Gasteiger partial charge in [-0.15, -0.1) is 23.7 Å². The molecule has 3 rings (SSSR count). The third-order valence-electron chi connectivity index (χ3n) is 4.71. The lowest BCUT2D eigenvalue weighted by molar-refractivity contribution is -0.130. The zero-order valence-electron chi connectivity index (χ0n) is 14.6. The molecule has 0 aliphatic carbocycles. The molecule has 2 aromatic rings. The number of carbonyl (C=O) groups is 1. The van der Waals surface area contributed by atoms with E-state index in [1.165, 1.54) is 11.3 Å². The van der Waals surface area contributed by atoms with Gasteiger partial charge in [-0.2, -0.15) is 0 Å². The summed E-state index contributed by atoms with van der Waals surface area (Å²) in [5.74, 6) is -0.0578. The van der Waals surface area contributed by atoms with E-state index in [2.05, 4.69) is 16.4 Å². The van der Waals surface area contributed by atoms with Crippen LogP contribution in [0.2, 0.25) is 5.02 Å². The predicted octanol–water partition coefficient (Wildman–Crippen LogP) is 3.81. The van der Waals surface area contributed by atoms with Crippen LogP contribution in [0.3, 0.4) is 0 Å². The number of thiazole rings is 1. The summed E-state index contributed by atoms with van der Waals surface area (Å²) in [7, 11) is 0. The topological polar surface area (TPSA) is 77.2 Å². The number of amides is 1. The van der Waals surface area contributed by atoms with Crippen molar-refractivity contribution < 1.29 is 9.53 Å². The van der Waals surface area contributed by atoms with E-state index in [0.717, 1.165) is 27.4 Å². The molecule has 0 radical (unpaired) electrons. The van der Waals surface area contributed by atoms with E-state index in [0.29, 0.717) is 37.7 Å². The van der Waals surface area contributed by atoms with E-state index < -0.39 is 5.41 Å². The standard InChI is InChI=1S/C18H22ClN3O2S.ClH/c1-12-2-3-13(9-15(12)19)8-14-10-21-17(25-14)22-16(23)18(11-20)4-6-24-7-5-18;/h2-3,9-10H,4-8,11,20H2,1H3,(H,21,22,23);1H. The van der Waals surface area contributed by atoms with Crippen LogP contribution in [0.15, 0.2) is 24.4 Å². The first kappa shape index (κ1) is 21.1. The minimum Gasteiger partial charge on any atom is -0.381 e. The lowest BCUT2D eigenvalue weighted by Gasteiger charge is -2.34. The van der Waals surface area contributed by atoms with Crippen LogP contribution < -0.4 is 11.1 Å². The maximum Gasteiger partial charge on any atom is 0.233 e. The average Bonchev–Trinajstić information content (AvgIpc) is 3.05. The summed E-state index contributed by atoms with van der Waals surface area (Å²) in [4.78, 5) is 18.1. The predicted molar refractivity (Wildman–Crippen MR) is 109 cm³/mol. The fraction of sp³-hybridized carbons (Fsp3) is 0.444. The Kier molecular flexibility index (Phi) is 7.43. The van der Waals surface area contributed by atoms with E-state index in [4.69, 9.17) is 22.1 Å². The number of nitrogens with two attached hydrogens (primary N) is 1. The first-order chi connectivity index (χ1) is 12.0. The minimum atomic E-state index is -0.547. The van der Waals surface area contributed by atoms with Crippen molar-refractivity contribution in [3.8, 4) is 0 Å². The van der Waals surface area contributed by atoms with Crippen LogP contribution in [0.25, 0.3) is 0 Å². The molecule has 1 aliphatic rings. The monoisotopic (exact) mass is 415 g/mol. The van der Waals surface area contributed by atoms with Crippen molar-refractivity contribution in [2.24, 2.45) is 11.1 Å². The SMILES string of the molecule is Cc1ccc(Cc2cnc(NC(=O)C3(CN)CCOCC3)s2)cc1Cl.Cl. The highest BCUT2D eigenvalue weighted by Gasteiger charge is 2.39. The van der Waals surface area contributed by atoms with Crippen LogP contribution in [0.5, 0.6) is 0 Å². The Labute approximate surface area is 168 Å². The number of rotatable bonds is 5. The summed E-state index contributed by atoms with van der Waals surface area (Å²) in [5.41, 5.74) is 7.52. The summed E-state index contributed by atoms with van der Waals surface area (Å²) in [5, 5.41) is 4.31. The molecule has 1 amide bonds. The number of benzene rings is 1.